The van der Waals surface area contributed by atoms with Crippen molar-refractivity contribution in [2.75, 3.05) is 0 Å². The average Bonchev–Trinajstić information content (AvgIpc) is 2.82. The fourth-order valence-corrected chi connectivity index (χ4v) is 2.36. The lowest BCUT2D eigenvalue weighted by Gasteiger charge is -2.20. The van der Waals surface area contributed by atoms with Gasteiger partial charge in [0.25, 0.3) is 0 Å². The number of rotatable bonds is 3. The minimum atomic E-state index is -2.06. The van der Waals surface area contributed by atoms with Crippen molar-refractivity contribution in [3.05, 3.63) is 58.3 Å². The summed E-state index contributed by atoms with van der Waals surface area (Å²) in [5.74, 6) is -1.51. The number of thiophene rings is 1. The predicted molar refractivity (Wildman–Crippen MR) is 59.5 cm³/mol. The van der Waals surface area contributed by atoms with Crippen LogP contribution in [0.1, 0.15) is 10.4 Å². The zero-order valence-electron chi connectivity index (χ0n) is 8.29. The number of carbonyl (C=O) groups is 1. The van der Waals surface area contributed by atoms with E-state index in [4.69, 9.17) is 0 Å². The summed E-state index contributed by atoms with van der Waals surface area (Å²) in [6.45, 7) is 0. The van der Waals surface area contributed by atoms with Gasteiger partial charge < -0.3 is 5.11 Å². The first-order valence-electron chi connectivity index (χ1n) is 4.69. The molecule has 1 atom stereocenters. The van der Waals surface area contributed by atoms with Crippen LogP contribution in [0.25, 0.3) is 0 Å². The molecule has 1 radical (unpaired) electrons. The predicted octanol–water partition coefficient (Wildman–Crippen LogP) is 1.94. The molecule has 81 valence electrons. The molecule has 0 spiro atoms. The van der Waals surface area contributed by atoms with Gasteiger partial charge >= 0.3 is 5.97 Å². The molecule has 0 fully saturated rings. The lowest BCUT2D eigenvalue weighted by Crippen LogP contribution is -2.35. The Bertz CT molecular complexity index is 478. The summed E-state index contributed by atoms with van der Waals surface area (Å²) in [7, 11) is 0. The lowest BCUT2D eigenvalue weighted by atomic mass is 9.92. The quantitative estimate of drug-likeness (QED) is 0.880. The molecule has 0 bridgehead atoms. The van der Waals surface area contributed by atoms with Gasteiger partial charge in [0.2, 0.25) is 5.60 Å². The second kappa shape index (κ2) is 4.08. The fraction of sp³-hybridized carbons (Fsp3) is 0.0833. The third-order valence-corrected chi connectivity index (χ3v) is 3.34. The second-order valence-corrected chi connectivity index (χ2v) is 4.29. The smallest absolute Gasteiger partial charge is 0.370 e. The summed E-state index contributed by atoms with van der Waals surface area (Å²) in [5, 5.41) is 23.1. The van der Waals surface area contributed by atoms with E-state index in [0.717, 1.165) is 0 Å². The largest absolute Gasteiger partial charge is 0.396 e. The molecule has 1 heterocycles. The maximum Gasteiger partial charge on any atom is 0.396 e. The Labute approximate surface area is 96.6 Å². The van der Waals surface area contributed by atoms with E-state index in [1.54, 1.807) is 47.8 Å². The van der Waals surface area contributed by atoms with Crippen molar-refractivity contribution in [1.82, 2.24) is 0 Å². The van der Waals surface area contributed by atoms with E-state index in [1.807, 2.05) is 0 Å². The maximum absolute atomic E-state index is 11.2. The molecule has 2 rings (SSSR count). The topological polar surface area (TPSA) is 57.2 Å². The Hall–Kier alpha value is -1.65. The number of hydrogen-bond acceptors (Lipinski definition) is 3. The minimum absolute atomic E-state index is 0.303. The van der Waals surface area contributed by atoms with Gasteiger partial charge in [0.05, 0.1) is 4.88 Å². The van der Waals surface area contributed by atoms with Crippen LogP contribution >= 0.6 is 11.3 Å². The standard InChI is InChI=1S/C12H9O3S/c13-11(14)12(15,10-7-4-8-16-10)9-5-2-1-3-6-9/h1-8,15H. The van der Waals surface area contributed by atoms with Gasteiger partial charge in [0.1, 0.15) is 0 Å². The van der Waals surface area contributed by atoms with Crippen molar-refractivity contribution in [3.63, 3.8) is 0 Å². The fourth-order valence-electron chi connectivity index (χ4n) is 1.52. The Morgan fingerprint density at radius 3 is 2.31 bits per heavy atom. The molecule has 1 N–H and O–H groups in total. The van der Waals surface area contributed by atoms with E-state index in [0.29, 0.717) is 10.4 Å². The SMILES string of the molecule is [O]C(=O)C(O)(c1ccccc1)c1cccs1. The number of benzene rings is 1. The molecule has 0 aliphatic heterocycles. The highest BCUT2D eigenvalue weighted by molar-refractivity contribution is 7.10. The molecular weight excluding hydrogens is 224 g/mol. The minimum Gasteiger partial charge on any atom is -0.370 e. The van der Waals surface area contributed by atoms with Crippen LogP contribution in [0.4, 0.5) is 0 Å². The molecule has 0 aliphatic rings. The zero-order chi connectivity index (χ0) is 11.6. The normalized spacial score (nSPS) is 14.3. The highest BCUT2D eigenvalue weighted by atomic mass is 32.1. The molecule has 3 nitrogen and oxygen atoms in total. The summed E-state index contributed by atoms with van der Waals surface area (Å²) in [6.07, 6.45) is 0. The van der Waals surface area contributed by atoms with E-state index in [-0.39, 0.29) is 0 Å². The molecule has 1 aromatic carbocycles. The van der Waals surface area contributed by atoms with Gasteiger partial charge in [0.15, 0.2) is 0 Å². The van der Waals surface area contributed by atoms with Crippen LogP contribution < -0.4 is 0 Å². The number of carbonyl (C=O) groups excluding carboxylic acids is 1. The number of hydrogen-bond donors (Lipinski definition) is 1. The van der Waals surface area contributed by atoms with Gasteiger partial charge in [-0.2, -0.15) is 0 Å². The third kappa shape index (κ3) is 1.62. The highest BCUT2D eigenvalue weighted by Gasteiger charge is 2.42. The lowest BCUT2D eigenvalue weighted by molar-refractivity contribution is -0.161. The first-order chi connectivity index (χ1) is 7.65. The van der Waals surface area contributed by atoms with Gasteiger partial charge in [-0.1, -0.05) is 36.4 Å². The second-order valence-electron chi connectivity index (χ2n) is 3.34. The van der Waals surface area contributed by atoms with Gasteiger partial charge in [-0.05, 0) is 11.4 Å². The van der Waals surface area contributed by atoms with Crippen molar-refractivity contribution in [2.24, 2.45) is 0 Å². The Morgan fingerprint density at radius 2 is 1.81 bits per heavy atom. The van der Waals surface area contributed by atoms with Crippen LogP contribution in [-0.4, -0.2) is 11.1 Å². The van der Waals surface area contributed by atoms with Crippen molar-refractivity contribution >= 4 is 17.3 Å². The van der Waals surface area contributed by atoms with Crippen LogP contribution in [0.15, 0.2) is 47.8 Å². The Balaban J connectivity index is 2.58. The van der Waals surface area contributed by atoms with E-state index in [9.17, 15) is 15.0 Å². The van der Waals surface area contributed by atoms with E-state index < -0.39 is 11.6 Å². The monoisotopic (exact) mass is 233 g/mol. The summed E-state index contributed by atoms with van der Waals surface area (Å²) in [4.78, 5) is 11.5. The van der Waals surface area contributed by atoms with E-state index in [1.165, 1.54) is 11.3 Å². The van der Waals surface area contributed by atoms with Crippen molar-refractivity contribution < 1.29 is 15.0 Å². The molecule has 1 aromatic heterocycles. The highest BCUT2D eigenvalue weighted by Crippen LogP contribution is 2.33. The summed E-state index contributed by atoms with van der Waals surface area (Å²) in [6, 6.07) is 11.5. The first kappa shape index (κ1) is 10.9. The molecule has 16 heavy (non-hydrogen) atoms. The summed E-state index contributed by atoms with van der Waals surface area (Å²) >= 11 is 1.18. The van der Waals surface area contributed by atoms with Gasteiger partial charge in [-0.15, -0.1) is 11.3 Å². The summed E-state index contributed by atoms with van der Waals surface area (Å²) < 4.78 is 0. The van der Waals surface area contributed by atoms with Crippen LogP contribution in [-0.2, 0) is 15.5 Å². The molecule has 4 heteroatoms. The van der Waals surface area contributed by atoms with Crippen molar-refractivity contribution in [3.8, 4) is 0 Å². The Morgan fingerprint density at radius 1 is 1.12 bits per heavy atom. The molecular formula is C12H9O3S. The van der Waals surface area contributed by atoms with E-state index in [2.05, 4.69) is 0 Å². The molecule has 0 amide bonds. The van der Waals surface area contributed by atoms with E-state index >= 15 is 0 Å². The van der Waals surface area contributed by atoms with Crippen LogP contribution in [0.3, 0.4) is 0 Å². The molecule has 1 unspecified atom stereocenters. The van der Waals surface area contributed by atoms with Crippen LogP contribution in [0.5, 0.6) is 0 Å². The molecule has 0 aliphatic carbocycles. The first-order valence-corrected chi connectivity index (χ1v) is 5.57. The number of aliphatic hydroxyl groups is 1. The van der Waals surface area contributed by atoms with Gasteiger partial charge in [-0.3, -0.25) is 0 Å². The summed E-state index contributed by atoms with van der Waals surface area (Å²) in [5.41, 5.74) is -1.76. The van der Waals surface area contributed by atoms with Crippen molar-refractivity contribution in [2.45, 2.75) is 5.60 Å². The molecule has 2 aromatic rings. The van der Waals surface area contributed by atoms with Crippen LogP contribution in [0, 0.1) is 0 Å². The van der Waals surface area contributed by atoms with Gasteiger partial charge in [-0.25, -0.2) is 9.90 Å². The zero-order valence-corrected chi connectivity index (χ0v) is 9.11. The molecule has 0 saturated heterocycles. The molecule has 0 saturated carbocycles. The Kier molecular flexibility index (Phi) is 2.77. The van der Waals surface area contributed by atoms with Crippen LogP contribution in [0.2, 0.25) is 0 Å². The third-order valence-electron chi connectivity index (χ3n) is 2.36. The maximum atomic E-state index is 11.2. The van der Waals surface area contributed by atoms with Gasteiger partial charge in [0, 0.05) is 5.56 Å². The van der Waals surface area contributed by atoms with Crippen molar-refractivity contribution in [1.29, 1.82) is 0 Å². The average molecular weight is 233 g/mol.